The molecule has 0 N–H and O–H groups in total. The molecule has 1 aliphatic carbocycles. The number of ether oxygens (including phenoxy) is 4. The molecule has 2 aliphatic rings. The Labute approximate surface area is 188 Å². The van der Waals surface area contributed by atoms with Crippen LogP contribution < -0.4 is 14.2 Å². The molecule has 168 valence electrons. The van der Waals surface area contributed by atoms with Crippen LogP contribution in [0.15, 0.2) is 48.5 Å². The summed E-state index contributed by atoms with van der Waals surface area (Å²) in [7, 11) is 4.59. The molecule has 6 heteroatoms. The van der Waals surface area contributed by atoms with E-state index in [1.165, 1.54) is 21.3 Å². The number of carbonyl (C=O) groups excluding carboxylic acids is 2. The highest BCUT2D eigenvalue weighted by atomic mass is 16.6. The number of benzene rings is 2. The number of ketones is 1. The first-order valence-electron chi connectivity index (χ1n) is 10.6. The Hall–Kier alpha value is -3.28. The van der Waals surface area contributed by atoms with Crippen LogP contribution >= 0.6 is 0 Å². The molecule has 2 atom stereocenters. The van der Waals surface area contributed by atoms with Gasteiger partial charge in [-0.3, -0.25) is 9.59 Å². The fourth-order valence-corrected chi connectivity index (χ4v) is 4.96. The van der Waals surface area contributed by atoms with Gasteiger partial charge in [-0.05, 0) is 44.4 Å². The van der Waals surface area contributed by atoms with Gasteiger partial charge in [-0.1, -0.05) is 36.4 Å². The first kappa shape index (κ1) is 21.9. The molecule has 1 saturated heterocycles. The topological polar surface area (TPSA) is 71.1 Å². The Balaban J connectivity index is 1.84. The van der Waals surface area contributed by atoms with Crippen molar-refractivity contribution in [2.75, 3.05) is 21.3 Å². The van der Waals surface area contributed by atoms with E-state index in [1.807, 2.05) is 50.3 Å². The zero-order valence-corrected chi connectivity index (χ0v) is 19.1. The van der Waals surface area contributed by atoms with Gasteiger partial charge in [0, 0.05) is 11.1 Å². The van der Waals surface area contributed by atoms with Crippen LogP contribution in [0.4, 0.5) is 0 Å². The maximum atomic E-state index is 13.9. The van der Waals surface area contributed by atoms with Gasteiger partial charge in [0.2, 0.25) is 5.75 Å². The number of hydrogen-bond acceptors (Lipinski definition) is 6. The quantitative estimate of drug-likeness (QED) is 0.629. The van der Waals surface area contributed by atoms with Crippen LogP contribution in [0.2, 0.25) is 0 Å². The molecular formula is C26H28O6. The molecular weight excluding hydrogens is 408 g/mol. The summed E-state index contributed by atoms with van der Waals surface area (Å²) in [5.74, 6) is 0.987. The number of Topliss-reactive ketones (excluding diaryl/α,β-unsaturated/α-hetero) is 1. The summed E-state index contributed by atoms with van der Waals surface area (Å²) in [4.78, 5) is 26.8. The molecule has 2 aromatic rings. The van der Waals surface area contributed by atoms with Crippen LogP contribution in [-0.4, -0.2) is 33.1 Å². The minimum atomic E-state index is -0.910. The van der Waals surface area contributed by atoms with E-state index in [9.17, 15) is 9.59 Å². The Kier molecular flexibility index (Phi) is 5.49. The lowest BCUT2D eigenvalue weighted by Gasteiger charge is -2.46. The summed E-state index contributed by atoms with van der Waals surface area (Å²) in [6.45, 7) is 3.66. The highest BCUT2D eigenvalue weighted by molar-refractivity contribution is 6.26. The molecule has 0 aromatic heterocycles. The van der Waals surface area contributed by atoms with Crippen molar-refractivity contribution in [3.63, 3.8) is 0 Å². The van der Waals surface area contributed by atoms with Crippen LogP contribution in [0.5, 0.6) is 17.2 Å². The summed E-state index contributed by atoms with van der Waals surface area (Å²) in [5, 5.41) is 0. The number of methoxy groups -OCH3 is 3. The normalized spacial score (nSPS) is 24.2. The molecule has 1 spiro atoms. The number of cyclic esters (lactones) is 1. The maximum Gasteiger partial charge on any atom is 0.312 e. The van der Waals surface area contributed by atoms with Crippen molar-refractivity contribution >= 4 is 17.3 Å². The molecule has 0 radical (unpaired) electrons. The van der Waals surface area contributed by atoms with Gasteiger partial charge in [0.05, 0.1) is 32.2 Å². The SMILES string of the molecule is COc1cc([C@@H]2OC(=O)C(C)(C)C[C@]23CC=C(c2ccccc2)C3=O)cc(OC)c1OC. The van der Waals surface area contributed by atoms with Gasteiger partial charge < -0.3 is 18.9 Å². The van der Waals surface area contributed by atoms with Gasteiger partial charge in [-0.2, -0.15) is 0 Å². The lowest BCUT2D eigenvalue weighted by molar-refractivity contribution is -0.186. The fourth-order valence-electron chi connectivity index (χ4n) is 4.96. The molecule has 0 bridgehead atoms. The van der Waals surface area contributed by atoms with E-state index in [0.29, 0.717) is 41.2 Å². The lowest BCUT2D eigenvalue weighted by Crippen LogP contribution is -2.49. The molecule has 2 aromatic carbocycles. The highest BCUT2D eigenvalue weighted by Crippen LogP contribution is 2.59. The van der Waals surface area contributed by atoms with Crippen molar-refractivity contribution in [1.82, 2.24) is 0 Å². The van der Waals surface area contributed by atoms with Crippen LogP contribution in [0.3, 0.4) is 0 Å². The summed E-state index contributed by atoms with van der Waals surface area (Å²) in [6, 6.07) is 13.1. The van der Waals surface area contributed by atoms with Crippen molar-refractivity contribution in [3.05, 3.63) is 59.7 Å². The standard InChI is InChI=1S/C26H28O6/c1-25(2)15-26(12-11-18(22(26)27)16-9-7-6-8-10-16)23(32-24(25)28)17-13-19(29-3)21(31-5)20(14-17)30-4/h6-11,13-14,23H,12,15H2,1-5H3/t23-,26-/m0/s1. The smallest absolute Gasteiger partial charge is 0.312 e. The van der Waals surface area contributed by atoms with Crippen LogP contribution in [-0.2, 0) is 14.3 Å². The van der Waals surface area contributed by atoms with E-state index < -0.39 is 16.9 Å². The first-order chi connectivity index (χ1) is 15.3. The van der Waals surface area contributed by atoms with Gasteiger partial charge >= 0.3 is 5.97 Å². The largest absolute Gasteiger partial charge is 0.493 e. The second kappa shape index (κ2) is 8.01. The predicted octanol–water partition coefficient (Wildman–Crippen LogP) is 4.77. The molecule has 4 rings (SSSR count). The zero-order chi connectivity index (χ0) is 23.1. The summed E-state index contributed by atoms with van der Waals surface area (Å²) < 4.78 is 22.4. The van der Waals surface area contributed by atoms with E-state index in [0.717, 1.165) is 5.56 Å². The van der Waals surface area contributed by atoms with E-state index in [2.05, 4.69) is 0 Å². The van der Waals surface area contributed by atoms with Crippen molar-refractivity contribution in [2.24, 2.45) is 10.8 Å². The average molecular weight is 437 g/mol. The van der Waals surface area contributed by atoms with Gasteiger partial charge in [-0.25, -0.2) is 0 Å². The molecule has 32 heavy (non-hydrogen) atoms. The van der Waals surface area contributed by atoms with E-state index in [-0.39, 0.29) is 11.8 Å². The second-order valence-corrected chi connectivity index (χ2v) is 8.98. The summed E-state index contributed by atoms with van der Waals surface area (Å²) >= 11 is 0. The first-order valence-corrected chi connectivity index (χ1v) is 10.6. The van der Waals surface area contributed by atoms with Gasteiger partial charge in [0.1, 0.15) is 6.10 Å². The van der Waals surface area contributed by atoms with Crippen LogP contribution in [0.25, 0.3) is 5.57 Å². The van der Waals surface area contributed by atoms with E-state index >= 15 is 0 Å². The van der Waals surface area contributed by atoms with Gasteiger partial charge in [-0.15, -0.1) is 0 Å². The van der Waals surface area contributed by atoms with Crippen LogP contribution in [0.1, 0.15) is 43.9 Å². The zero-order valence-electron chi connectivity index (χ0n) is 19.1. The van der Waals surface area contributed by atoms with E-state index in [1.54, 1.807) is 12.1 Å². The second-order valence-electron chi connectivity index (χ2n) is 8.98. The Morgan fingerprint density at radius 3 is 2.12 bits per heavy atom. The van der Waals surface area contributed by atoms with Crippen LogP contribution in [0, 0.1) is 10.8 Å². The number of rotatable bonds is 5. The summed E-state index contributed by atoms with van der Waals surface area (Å²) in [6.07, 6.45) is 2.05. The molecule has 0 saturated carbocycles. The third-order valence-electron chi connectivity index (χ3n) is 6.48. The fraction of sp³-hybridized carbons (Fsp3) is 0.385. The number of esters is 1. The highest BCUT2D eigenvalue weighted by Gasteiger charge is 2.59. The lowest BCUT2D eigenvalue weighted by atomic mass is 9.63. The van der Waals surface area contributed by atoms with Crippen molar-refractivity contribution in [2.45, 2.75) is 32.8 Å². The predicted molar refractivity (Wildman–Crippen MR) is 120 cm³/mol. The van der Waals surface area contributed by atoms with Crippen molar-refractivity contribution in [1.29, 1.82) is 0 Å². The molecule has 1 aliphatic heterocycles. The number of hydrogen-bond donors (Lipinski definition) is 0. The third-order valence-corrected chi connectivity index (χ3v) is 6.48. The van der Waals surface area contributed by atoms with Gasteiger partial charge in [0.15, 0.2) is 17.3 Å². The Morgan fingerprint density at radius 1 is 0.938 bits per heavy atom. The minimum Gasteiger partial charge on any atom is -0.493 e. The van der Waals surface area contributed by atoms with Gasteiger partial charge in [0.25, 0.3) is 0 Å². The molecule has 6 nitrogen and oxygen atoms in total. The average Bonchev–Trinajstić information content (AvgIpc) is 3.11. The molecule has 1 heterocycles. The third kappa shape index (κ3) is 3.34. The van der Waals surface area contributed by atoms with Crippen molar-refractivity contribution in [3.8, 4) is 17.2 Å². The molecule has 0 unspecified atom stereocenters. The minimum absolute atomic E-state index is 0.0111. The Morgan fingerprint density at radius 2 is 1.56 bits per heavy atom. The van der Waals surface area contributed by atoms with E-state index in [4.69, 9.17) is 18.9 Å². The monoisotopic (exact) mass is 436 g/mol. The maximum absolute atomic E-state index is 13.9. The molecule has 1 fully saturated rings. The summed E-state index contributed by atoms with van der Waals surface area (Å²) in [5.41, 5.74) is 0.476. The Bertz CT molecular complexity index is 1060. The number of carbonyl (C=O) groups is 2. The van der Waals surface area contributed by atoms with Crippen molar-refractivity contribution < 1.29 is 28.5 Å². The number of allylic oxidation sites excluding steroid dienone is 2. The molecule has 0 amide bonds.